The van der Waals surface area contributed by atoms with E-state index in [1.54, 1.807) is 25.1 Å². The molecule has 0 fully saturated rings. The standard InChI is InChI=1S/C13H11FN2O3/c1-8-6-10(15)3-5-12(8)19-13-7-9(14)2-4-11(13)16(17)18/h2-7H,15H2,1H3. The molecule has 0 amide bonds. The molecule has 2 N–H and O–H groups in total. The van der Waals surface area contributed by atoms with Crippen molar-refractivity contribution < 1.29 is 14.1 Å². The lowest BCUT2D eigenvalue weighted by molar-refractivity contribution is -0.385. The number of nitrogen functional groups attached to an aromatic ring is 1. The molecular weight excluding hydrogens is 251 g/mol. The summed E-state index contributed by atoms with van der Waals surface area (Å²) in [6.07, 6.45) is 0. The molecule has 0 aliphatic rings. The van der Waals surface area contributed by atoms with Gasteiger partial charge in [-0.25, -0.2) is 4.39 Å². The summed E-state index contributed by atoms with van der Waals surface area (Å²) in [7, 11) is 0. The van der Waals surface area contributed by atoms with Gasteiger partial charge in [-0.05, 0) is 36.8 Å². The predicted molar refractivity (Wildman–Crippen MR) is 68.7 cm³/mol. The summed E-state index contributed by atoms with van der Waals surface area (Å²) in [6.45, 7) is 1.75. The number of anilines is 1. The summed E-state index contributed by atoms with van der Waals surface area (Å²) < 4.78 is 18.6. The van der Waals surface area contributed by atoms with Crippen LogP contribution in [0.4, 0.5) is 15.8 Å². The average molecular weight is 262 g/mol. The number of rotatable bonds is 3. The number of hydrogen-bond donors (Lipinski definition) is 1. The van der Waals surface area contributed by atoms with Crippen molar-refractivity contribution in [3.05, 3.63) is 57.9 Å². The minimum atomic E-state index is -0.624. The first-order valence-corrected chi connectivity index (χ1v) is 5.45. The number of aryl methyl sites for hydroxylation is 1. The fourth-order valence-electron chi connectivity index (χ4n) is 1.63. The van der Waals surface area contributed by atoms with E-state index in [0.717, 1.165) is 18.2 Å². The van der Waals surface area contributed by atoms with E-state index in [0.29, 0.717) is 17.0 Å². The molecule has 0 saturated heterocycles. The summed E-state index contributed by atoms with van der Waals surface area (Å²) in [4.78, 5) is 10.2. The molecule has 0 unspecified atom stereocenters. The quantitative estimate of drug-likeness (QED) is 0.522. The van der Waals surface area contributed by atoms with Crippen LogP contribution < -0.4 is 10.5 Å². The molecule has 0 heterocycles. The maximum Gasteiger partial charge on any atom is 0.311 e. The van der Waals surface area contributed by atoms with Crippen molar-refractivity contribution in [2.24, 2.45) is 0 Å². The van der Waals surface area contributed by atoms with Crippen LogP contribution in [0.1, 0.15) is 5.56 Å². The number of nitro benzene ring substituents is 1. The van der Waals surface area contributed by atoms with Crippen LogP contribution in [0.3, 0.4) is 0 Å². The molecule has 2 rings (SSSR count). The highest BCUT2D eigenvalue weighted by molar-refractivity contribution is 5.52. The molecule has 0 aromatic heterocycles. The van der Waals surface area contributed by atoms with Crippen molar-refractivity contribution in [2.45, 2.75) is 6.92 Å². The van der Waals surface area contributed by atoms with E-state index in [1.165, 1.54) is 0 Å². The first-order valence-electron chi connectivity index (χ1n) is 5.45. The lowest BCUT2D eigenvalue weighted by Crippen LogP contribution is -1.96. The maximum atomic E-state index is 13.2. The molecule has 0 saturated carbocycles. The summed E-state index contributed by atoms with van der Waals surface area (Å²) in [5, 5.41) is 10.8. The molecule has 19 heavy (non-hydrogen) atoms. The largest absolute Gasteiger partial charge is 0.450 e. The molecule has 2 aromatic carbocycles. The minimum Gasteiger partial charge on any atom is -0.450 e. The highest BCUT2D eigenvalue weighted by Gasteiger charge is 2.17. The Hall–Kier alpha value is -2.63. The van der Waals surface area contributed by atoms with Gasteiger partial charge in [0.1, 0.15) is 11.6 Å². The molecule has 0 atom stereocenters. The third-order valence-corrected chi connectivity index (χ3v) is 2.54. The molecule has 0 aliphatic heterocycles. The van der Waals surface area contributed by atoms with Crippen LogP contribution in [-0.2, 0) is 0 Å². The number of benzene rings is 2. The monoisotopic (exact) mass is 262 g/mol. The van der Waals surface area contributed by atoms with Crippen LogP contribution in [0.5, 0.6) is 11.5 Å². The first-order chi connectivity index (χ1) is 8.97. The van der Waals surface area contributed by atoms with Gasteiger partial charge in [-0.1, -0.05) is 0 Å². The number of nitro groups is 1. The maximum absolute atomic E-state index is 13.2. The van der Waals surface area contributed by atoms with E-state index in [2.05, 4.69) is 0 Å². The number of hydrogen-bond acceptors (Lipinski definition) is 4. The van der Waals surface area contributed by atoms with Gasteiger partial charge in [-0.3, -0.25) is 10.1 Å². The van der Waals surface area contributed by atoms with Crippen LogP contribution in [0, 0.1) is 22.9 Å². The Morgan fingerprint density at radius 3 is 2.58 bits per heavy atom. The van der Waals surface area contributed by atoms with Crippen molar-refractivity contribution in [1.82, 2.24) is 0 Å². The highest BCUT2D eigenvalue weighted by atomic mass is 19.1. The van der Waals surface area contributed by atoms with Gasteiger partial charge >= 0.3 is 5.69 Å². The second-order valence-electron chi connectivity index (χ2n) is 4.00. The lowest BCUT2D eigenvalue weighted by atomic mass is 10.2. The van der Waals surface area contributed by atoms with Gasteiger partial charge in [-0.2, -0.15) is 0 Å². The van der Waals surface area contributed by atoms with Crippen molar-refractivity contribution in [3.8, 4) is 11.5 Å². The zero-order valence-corrected chi connectivity index (χ0v) is 10.1. The number of nitrogens with two attached hydrogens (primary N) is 1. The molecule has 0 spiro atoms. The second-order valence-corrected chi connectivity index (χ2v) is 4.00. The summed E-state index contributed by atoms with van der Waals surface area (Å²) in [6, 6.07) is 7.92. The smallest absolute Gasteiger partial charge is 0.311 e. The molecular formula is C13H11FN2O3. The Kier molecular flexibility index (Phi) is 3.33. The fourth-order valence-corrected chi connectivity index (χ4v) is 1.63. The van der Waals surface area contributed by atoms with E-state index >= 15 is 0 Å². The Bertz CT molecular complexity index is 644. The molecule has 6 heteroatoms. The van der Waals surface area contributed by atoms with Crippen molar-refractivity contribution in [2.75, 3.05) is 5.73 Å². The average Bonchev–Trinajstić information content (AvgIpc) is 2.32. The summed E-state index contributed by atoms with van der Waals surface area (Å²) in [5.41, 5.74) is 6.57. The fraction of sp³-hybridized carbons (Fsp3) is 0.0769. The SMILES string of the molecule is Cc1cc(N)ccc1Oc1cc(F)ccc1[N+](=O)[O-]. The zero-order valence-electron chi connectivity index (χ0n) is 10.1. The van der Waals surface area contributed by atoms with Crippen molar-refractivity contribution in [1.29, 1.82) is 0 Å². The molecule has 2 aromatic rings. The van der Waals surface area contributed by atoms with E-state index in [4.69, 9.17) is 10.5 Å². The van der Waals surface area contributed by atoms with Crippen LogP contribution in [0.25, 0.3) is 0 Å². The van der Waals surface area contributed by atoms with Crippen LogP contribution in [-0.4, -0.2) is 4.92 Å². The van der Waals surface area contributed by atoms with Crippen molar-refractivity contribution in [3.63, 3.8) is 0 Å². The summed E-state index contributed by atoms with van der Waals surface area (Å²) in [5.74, 6) is -0.352. The first kappa shape index (κ1) is 12.8. The molecule has 5 nitrogen and oxygen atoms in total. The molecule has 98 valence electrons. The van der Waals surface area contributed by atoms with E-state index in [-0.39, 0.29) is 11.4 Å². The summed E-state index contributed by atoms with van der Waals surface area (Å²) >= 11 is 0. The zero-order chi connectivity index (χ0) is 14.0. The third-order valence-electron chi connectivity index (χ3n) is 2.54. The normalized spacial score (nSPS) is 10.2. The van der Waals surface area contributed by atoms with Gasteiger partial charge in [0.15, 0.2) is 0 Å². The van der Waals surface area contributed by atoms with Crippen LogP contribution in [0.15, 0.2) is 36.4 Å². The second kappa shape index (κ2) is 4.93. The lowest BCUT2D eigenvalue weighted by Gasteiger charge is -2.09. The van der Waals surface area contributed by atoms with Gasteiger partial charge in [0.05, 0.1) is 4.92 Å². The van der Waals surface area contributed by atoms with Crippen LogP contribution >= 0.6 is 0 Å². The van der Waals surface area contributed by atoms with Gasteiger partial charge in [-0.15, -0.1) is 0 Å². The van der Waals surface area contributed by atoms with Crippen molar-refractivity contribution >= 4 is 11.4 Å². The van der Waals surface area contributed by atoms with Gasteiger partial charge < -0.3 is 10.5 Å². The predicted octanol–water partition coefficient (Wildman–Crippen LogP) is 3.42. The molecule has 0 bridgehead atoms. The Morgan fingerprint density at radius 2 is 1.95 bits per heavy atom. The van der Waals surface area contributed by atoms with E-state index < -0.39 is 10.7 Å². The highest BCUT2D eigenvalue weighted by Crippen LogP contribution is 2.33. The third kappa shape index (κ3) is 2.79. The Labute approximate surface area is 108 Å². The number of ether oxygens (including phenoxy) is 1. The topological polar surface area (TPSA) is 78.4 Å². The minimum absolute atomic E-state index is 0.141. The number of nitrogens with zero attached hydrogens (tertiary/aromatic N) is 1. The molecule has 0 radical (unpaired) electrons. The van der Waals surface area contributed by atoms with Gasteiger partial charge in [0.25, 0.3) is 0 Å². The Morgan fingerprint density at radius 1 is 1.21 bits per heavy atom. The van der Waals surface area contributed by atoms with E-state index in [1.807, 2.05) is 0 Å². The molecule has 0 aliphatic carbocycles. The van der Waals surface area contributed by atoms with Gasteiger partial charge in [0.2, 0.25) is 5.75 Å². The Balaban J connectivity index is 2.42. The number of halogens is 1. The van der Waals surface area contributed by atoms with Gasteiger partial charge in [0, 0.05) is 17.8 Å². The van der Waals surface area contributed by atoms with E-state index in [9.17, 15) is 14.5 Å². The van der Waals surface area contributed by atoms with Crippen LogP contribution in [0.2, 0.25) is 0 Å².